The van der Waals surface area contributed by atoms with Crippen molar-refractivity contribution in [1.82, 2.24) is 4.98 Å². The highest BCUT2D eigenvalue weighted by atomic mass is 16.3. The van der Waals surface area contributed by atoms with E-state index in [2.05, 4.69) is 10.6 Å². The molecule has 3 N–H and O–H groups in total. The second-order valence-electron chi connectivity index (χ2n) is 7.63. The summed E-state index contributed by atoms with van der Waals surface area (Å²) < 4.78 is 0. The van der Waals surface area contributed by atoms with E-state index in [0.717, 1.165) is 33.4 Å². The van der Waals surface area contributed by atoms with Gasteiger partial charge >= 0.3 is 6.03 Å². The van der Waals surface area contributed by atoms with Crippen LogP contribution in [0.3, 0.4) is 0 Å². The minimum atomic E-state index is -0.693. The molecule has 2 amide bonds. The van der Waals surface area contributed by atoms with Gasteiger partial charge in [-0.25, -0.2) is 9.78 Å². The lowest BCUT2D eigenvalue weighted by Gasteiger charge is -2.20. The topological polar surface area (TPSA) is 77.5 Å². The van der Waals surface area contributed by atoms with Gasteiger partial charge in [-0.05, 0) is 36.8 Å². The number of benzene rings is 3. The molecule has 6 heteroatoms. The van der Waals surface area contributed by atoms with Crippen LogP contribution in [0.4, 0.5) is 27.7 Å². The van der Waals surface area contributed by atoms with Gasteiger partial charge in [0.15, 0.2) is 5.82 Å². The molecular formula is C25H22N4O2. The number of fused-ring (bicyclic) bond motifs is 2. The summed E-state index contributed by atoms with van der Waals surface area (Å²) in [7, 11) is 0. The van der Waals surface area contributed by atoms with Crippen LogP contribution in [-0.2, 0) is 0 Å². The molecule has 3 aromatic carbocycles. The highest BCUT2D eigenvalue weighted by molar-refractivity contribution is 6.06. The number of urea groups is 1. The van der Waals surface area contributed by atoms with Gasteiger partial charge in [-0.1, -0.05) is 54.6 Å². The lowest BCUT2D eigenvalue weighted by molar-refractivity contribution is 0.193. The van der Waals surface area contributed by atoms with Crippen molar-refractivity contribution in [1.29, 1.82) is 0 Å². The van der Waals surface area contributed by atoms with Gasteiger partial charge in [-0.15, -0.1) is 0 Å². The van der Waals surface area contributed by atoms with Gasteiger partial charge in [0.25, 0.3) is 0 Å². The molecule has 1 aromatic heterocycles. The van der Waals surface area contributed by atoms with E-state index < -0.39 is 6.10 Å². The molecule has 154 valence electrons. The summed E-state index contributed by atoms with van der Waals surface area (Å²) in [6.07, 6.45) is -0.693. The number of hydrogen-bond acceptors (Lipinski definition) is 4. The molecule has 0 saturated heterocycles. The Hall–Kier alpha value is -3.90. The largest absolute Gasteiger partial charge is 0.386 e. The van der Waals surface area contributed by atoms with Crippen LogP contribution in [0, 0.1) is 6.92 Å². The Bertz CT molecular complexity index is 1290. The molecule has 31 heavy (non-hydrogen) atoms. The second kappa shape index (κ2) is 7.74. The van der Waals surface area contributed by atoms with Crippen LogP contribution in [0.5, 0.6) is 0 Å². The maximum absolute atomic E-state index is 13.2. The number of aliphatic hydroxyl groups excluding tert-OH is 1. The van der Waals surface area contributed by atoms with Gasteiger partial charge in [-0.3, -0.25) is 4.90 Å². The smallest absolute Gasteiger partial charge is 0.326 e. The highest BCUT2D eigenvalue weighted by Crippen LogP contribution is 2.35. The quantitative estimate of drug-likeness (QED) is 0.424. The molecule has 2 heterocycles. The first-order valence-electron chi connectivity index (χ1n) is 10.2. The SMILES string of the molecule is Cc1ccccc1Nc1nc2ccccc2cc1NC(=O)N1CC(O)c2ccccc21. The fourth-order valence-corrected chi connectivity index (χ4v) is 3.91. The Morgan fingerprint density at radius 2 is 1.74 bits per heavy atom. The van der Waals surface area contributed by atoms with Crippen molar-refractivity contribution in [3.05, 3.63) is 90.0 Å². The number of anilines is 4. The normalized spacial score (nSPS) is 15.0. The molecule has 0 aliphatic carbocycles. The maximum atomic E-state index is 13.2. The van der Waals surface area contributed by atoms with E-state index in [9.17, 15) is 9.90 Å². The van der Waals surface area contributed by atoms with E-state index in [1.54, 1.807) is 4.90 Å². The highest BCUT2D eigenvalue weighted by Gasteiger charge is 2.31. The van der Waals surface area contributed by atoms with E-state index in [1.807, 2.05) is 85.8 Å². The third-order valence-electron chi connectivity index (χ3n) is 5.55. The van der Waals surface area contributed by atoms with Gasteiger partial charge < -0.3 is 15.7 Å². The fourth-order valence-electron chi connectivity index (χ4n) is 3.91. The van der Waals surface area contributed by atoms with E-state index in [1.165, 1.54) is 0 Å². The lowest BCUT2D eigenvalue weighted by atomic mass is 10.1. The summed E-state index contributed by atoms with van der Waals surface area (Å²) >= 11 is 0. The Kier molecular flexibility index (Phi) is 4.76. The van der Waals surface area contributed by atoms with Gasteiger partial charge in [-0.2, -0.15) is 0 Å². The van der Waals surface area contributed by atoms with Crippen LogP contribution >= 0.6 is 0 Å². The number of nitrogens with zero attached hydrogens (tertiary/aromatic N) is 2. The molecule has 0 spiro atoms. The number of carbonyl (C=O) groups excluding carboxylic acids is 1. The van der Waals surface area contributed by atoms with Crippen LogP contribution in [0.2, 0.25) is 0 Å². The summed E-state index contributed by atoms with van der Waals surface area (Å²) in [5, 5.41) is 17.6. The molecule has 1 atom stereocenters. The summed E-state index contributed by atoms with van der Waals surface area (Å²) in [5.41, 5.74) is 4.88. The number of rotatable bonds is 3. The average Bonchev–Trinajstić information content (AvgIpc) is 3.12. The standard InChI is InChI=1S/C25H22N4O2/c1-16-8-2-5-11-19(16)26-24-21(14-17-9-3-6-12-20(17)27-24)28-25(31)29-15-23(30)18-10-4-7-13-22(18)29/h2-14,23,30H,15H2,1H3,(H,26,27)(H,28,31). The van der Waals surface area contributed by atoms with Crippen molar-refractivity contribution in [3.63, 3.8) is 0 Å². The number of aliphatic hydroxyl groups is 1. The zero-order chi connectivity index (χ0) is 21.4. The van der Waals surface area contributed by atoms with Crippen LogP contribution in [0.15, 0.2) is 78.9 Å². The number of β-amino-alcohol motifs (C(OH)–C–C–N with tert-alkyl or cyclic N) is 1. The third kappa shape index (κ3) is 3.58. The van der Waals surface area contributed by atoms with Crippen LogP contribution < -0.4 is 15.5 Å². The van der Waals surface area contributed by atoms with Gasteiger partial charge in [0, 0.05) is 16.6 Å². The molecule has 1 aliphatic heterocycles. The van der Waals surface area contributed by atoms with Gasteiger partial charge in [0.05, 0.1) is 29.5 Å². The fraction of sp³-hybridized carbons (Fsp3) is 0.120. The maximum Gasteiger partial charge on any atom is 0.326 e. The van der Waals surface area contributed by atoms with Crippen LogP contribution in [0.25, 0.3) is 10.9 Å². The van der Waals surface area contributed by atoms with Crippen LogP contribution in [-0.4, -0.2) is 22.7 Å². The zero-order valence-corrected chi connectivity index (χ0v) is 17.0. The molecule has 6 nitrogen and oxygen atoms in total. The van der Waals surface area contributed by atoms with Crippen molar-refractivity contribution in [2.24, 2.45) is 0 Å². The van der Waals surface area contributed by atoms with E-state index in [4.69, 9.17) is 4.98 Å². The minimum absolute atomic E-state index is 0.215. The average molecular weight is 410 g/mol. The molecule has 0 radical (unpaired) electrons. The first kappa shape index (κ1) is 19.1. The molecule has 0 fully saturated rings. The lowest BCUT2D eigenvalue weighted by Crippen LogP contribution is -2.34. The Morgan fingerprint density at radius 3 is 2.61 bits per heavy atom. The third-order valence-corrected chi connectivity index (χ3v) is 5.55. The number of aryl methyl sites for hydroxylation is 1. The molecular weight excluding hydrogens is 388 g/mol. The first-order chi connectivity index (χ1) is 15.1. The molecule has 0 bridgehead atoms. The predicted molar refractivity (Wildman–Crippen MR) is 124 cm³/mol. The van der Waals surface area contributed by atoms with Crippen molar-refractivity contribution >= 4 is 39.8 Å². The number of nitrogens with one attached hydrogen (secondary N) is 2. The van der Waals surface area contributed by atoms with E-state index >= 15 is 0 Å². The first-order valence-corrected chi connectivity index (χ1v) is 10.2. The van der Waals surface area contributed by atoms with Crippen LogP contribution in [0.1, 0.15) is 17.2 Å². The van der Waals surface area contributed by atoms with Crippen molar-refractivity contribution in [2.45, 2.75) is 13.0 Å². The molecule has 1 aliphatic rings. The Labute approximate surface area is 180 Å². The number of pyridine rings is 1. The van der Waals surface area contributed by atoms with Crippen molar-refractivity contribution in [2.75, 3.05) is 22.1 Å². The summed E-state index contributed by atoms with van der Waals surface area (Å²) in [6.45, 7) is 2.23. The van der Waals surface area contributed by atoms with Gasteiger partial charge in [0.2, 0.25) is 0 Å². The number of carbonyl (C=O) groups is 1. The van der Waals surface area contributed by atoms with Crippen molar-refractivity contribution < 1.29 is 9.90 Å². The summed E-state index contributed by atoms with van der Waals surface area (Å²) in [4.78, 5) is 19.5. The number of hydrogen-bond donors (Lipinski definition) is 3. The minimum Gasteiger partial charge on any atom is -0.386 e. The molecule has 4 aromatic rings. The second-order valence-corrected chi connectivity index (χ2v) is 7.63. The zero-order valence-electron chi connectivity index (χ0n) is 17.0. The Morgan fingerprint density at radius 1 is 1.00 bits per heavy atom. The van der Waals surface area contributed by atoms with Gasteiger partial charge in [0.1, 0.15) is 0 Å². The summed E-state index contributed by atoms with van der Waals surface area (Å²) in [6, 6.07) is 24.7. The Balaban J connectivity index is 1.51. The number of amides is 2. The molecule has 1 unspecified atom stereocenters. The summed E-state index contributed by atoms with van der Waals surface area (Å²) in [5.74, 6) is 0.564. The number of para-hydroxylation sites is 3. The molecule has 5 rings (SSSR count). The van der Waals surface area contributed by atoms with E-state index in [-0.39, 0.29) is 12.6 Å². The van der Waals surface area contributed by atoms with Crippen molar-refractivity contribution in [3.8, 4) is 0 Å². The monoisotopic (exact) mass is 410 g/mol. The number of aromatic nitrogens is 1. The molecule has 0 saturated carbocycles. The van der Waals surface area contributed by atoms with E-state index in [0.29, 0.717) is 11.5 Å². The predicted octanol–water partition coefficient (Wildman–Crippen LogP) is 5.37.